The predicted octanol–water partition coefficient (Wildman–Crippen LogP) is 2.80. The molecule has 0 aromatic carbocycles. The highest BCUT2D eigenvalue weighted by Crippen LogP contribution is 2.53. The normalized spacial score (nSPS) is 25.9. The smallest absolute Gasteiger partial charge is 0.281 e. The van der Waals surface area contributed by atoms with E-state index in [9.17, 15) is 31.1 Å². The first-order valence-corrected chi connectivity index (χ1v) is 9.54. The maximum Gasteiger partial charge on any atom is 0.281 e. The second-order valence-corrected chi connectivity index (χ2v) is 9.32. The number of thiophene rings is 1. The highest BCUT2D eigenvalue weighted by atomic mass is 32.2. The van der Waals surface area contributed by atoms with Crippen LogP contribution in [-0.2, 0) is 16.3 Å². The molecule has 1 aromatic rings. The molecule has 0 aliphatic heterocycles. The lowest BCUT2D eigenvalue weighted by atomic mass is 9.82. The molecule has 0 saturated heterocycles. The van der Waals surface area contributed by atoms with Crippen molar-refractivity contribution in [3.63, 3.8) is 0 Å². The molecular formula is C13H14F4O4S2. The number of alkyl halides is 4. The fourth-order valence-electron chi connectivity index (χ4n) is 2.91. The van der Waals surface area contributed by atoms with E-state index in [1.54, 1.807) is 0 Å². The molecule has 4 nitrogen and oxygen atoms in total. The largest absolute Gasteiger partial charge is 0.483 e. The Kier molecular flexibility index (Phi) is 3.73. The number of aliphatic hydroxyl groups is 1. The Morgan fingerprint density at radius 1 is 1.30 bits per heavy atom. The van der Waals surface area contributed by atoms with E-state index in [2.05, 4.69) is 0 Å². The van der Waals surface area contributed by atoms with Crippen LogP contribution in [0.4, 0.5) is 17.6 Å². The Morgan fingerprint density at radius 2 is 1.91 bits per heavy atom. The molecule has 0 spiro atoms. The maximum atomic E-state index is 13.7. The molecule has 130 valence electrons. The highest BCUT2D eigenvalue weighted by Gasteiger charge is 2.52. The van der Waals surface area contributed by atoms with Crippen LogP contribution in [0.1, 0.15) is 30.1 Å². The van der Waals surface area contributed by atoms with Crippen molar-refractivity contribution in [3.8, 4) is 5.06 Å². The van der Waals surface area contributed by atoms with E-state index in [1.165, 1.54) is 0 Å². The minimum atomic E-state index is -3.81. The maximum absolute atomic E-state index is 13.7. The van der Waals surface area contributed by atoms with Crippen molar-refractivity contribution in [3.05, 3.63) is 11.1 Å². The molecule has 1 aromatic heterocycles. The monoisotopic (exact) mass is 374 g/mol. The van der Waals surface area contributed by atoms with Crippen molar-refractivity contribution >= 4 is 21.2 Å². The van der Waals surface area contributed by atoms with Crippen LogP contribution in [0.5, 0.6) is 5.06 Å². The number of hydrogen-bond acceptors (Lipinski definition) is 5. The van der Waals surface area contributed by atoms with Crippen LogP contribution < -0.4 is 4.74 Å². The molecular weight excluding hydrogens is 360 g/mol. The molecule has 10 heteroatoms. The average Bonchev–Trinajstić information content (AvgIpc) is 2.80. The minimum absolute atomic E-state index is 0.0353. The number of rotatable bonds is 4. The van der Waals surface area contributed by atoms with E-state index >= 15 is 0 Å². The van der Waals surface area contributed by atoms with E-state index in [0.717, 1.165) is 6.26 Å². The molecule has 3 rings (SSSR count). The van der Waals surface area contributed by atoms with Gasteiger partial charge in [-0.3, -0.25) is 0 Å². The zero-order valence-corrected chi connectivity index (χ0v) is 13.6. The number of fused-ring (bicyclic) bond motifs is 1. The fourth-order valence-corrected chi connectivity index (χ4v) is 5.32. The van der Waals surface area contributed by atoms with Gasteiger partial charge in [-0.05, 0) is 0 Å². The quantitative estimate of drug-likeness (QED) is 0.824. The summed E-state index contributed by atoms with van der Waals surface area (Å²) in [5.74, 6) is -6.58. The Bertz CT molecular complexity index is 733. The summed E-state index contributed by atoms with van der Waals surface area (Å²) in [6.07, 6.45) is -2.84. The summed E-state index contributed by atoms with van der Waals surface area (Å²) in [5, 5.41) is 9.67. The number of sulfone groups is 1. The first-order chi connectivity index (χ1) is 10.4. The number of halogens is 4. The zero-order chi connectivity index (χ0) is 17.2. The molecule has 1 fully saturated rings. The van der Waals surface area contributed by atoms with Crippen molar-refractivity contribution in [1.82, 2.24) is 0 Å². The van der Waals surface area contributed by atoms with E-state index in [-0.39, 0.29) is 39.8 Å². The summed E-state index contributed by atoms with van der Waals surface area (Å²) in [6, 6.07) is 0. The lowest BCUT2D eigenvalue weighted by Gasteiger charge is -2.34. The van der Waals surface area contributed by atoms with Crippen molar-refractivity contribution in [1.29, 1.82) is 0 Å². The van der Waals surface area contributed by atoms with Gasteiger partial charge in [-0.25, -0.2) is 26.0 Å². The Hall–Kier alpha value is -0.870. The molecule has 0 bridgehead atoms. The van der Waals surface area contributed by atoms with Crippen LogP contribution in [0, 0.1) is 5.92 Å². The van der Waals surface area contributed by atoms with Crippen molar-refractivity contribution in [2.75, 3.05) is 12.9 Å². The van der Waals surface area contributed by atoms with E-state index in [0.29, 0.717) is 11.3 Å². The number of hydrogen-bond donors (Lipinski definition) is 1. The zero-order valence-electron chi connectivity index (χ0n) is 12.0. The van der Waals surface area contributed by atoms with Crippen molar-refractivity contribution in [2.45, 2.75) is 41.4 Å². The molecule has 1 saturated carbocycles. The molecule has 2 aliphatic carbocycles. The van der Waals surface area contributed by atoms with Gasteiger partial charge < -0.3 is 9.84 Å². The van der Waals surface area contributed by atoms with Gasteiger partial charge in [0, 0.05) is 42.6 Å². The lowest BCUT2D eigenvalue weighted by Crippen LogP contribution is -2.38. The Labute approximate surface area is 134 Å². The van der Waals surface area contributed by atoms with E-state index < -0.39 is 40.1 Å². The summed E-state index contributed by atoms with van der Waals surface area (Å²) < 4.78 is 81.4. The molecule has 0 unspecified atom stereocenters. The van der Waals surface area contributed by atoms with Crippen LogP contribution in [0.25, 0.3) is 0 Å². The molecule has 2 aliphatic rings. The third-order valence-corrected chi connectivity index (χ3v) is 7.03. The summed E-state index contributed by atoms with van der Waals surface area (Å²) >= 11 is 0.659. The van der Waals surface area contributed by atoms with Gasteiger partial charge >= 0.3 is 0 Å². The highest BCUT2D eigenvalue weighted by molar-refractivity contribution is 7.92. The van der Waals surface area contributed by atoms with Gasteiger partial charge in [0.05, 0.1) is 6.61 Å². The van der Waals surface area contributed by atoms with Crippen LogP contribution in [-0.4, -0.2) is 38.2 Å². The fraction of sp³-hybridized carbons (Fsp3) is 0.692. The van der Waals surface area contributed by atoms with Crippen LogP contribution in [0.3, 0.4) is 0 Å². The average molecular weight is 374 g/mol. The summed E-state index contributed by atoms with van der Waals surface area (Å²) in [6.45, 7) is -0.0899. The summed E-state index contributed by atoms with van der Waals surface area (Å²) in [5.41, 5.74) is -0.365. The van der Waals surface area contributed by atoms with Crippen LogP contribution in [0.2, 0.25) is 0 Å². The van der Waals surface area contributed by atoms with Gasteiger partial charge in [0.1, 0.15) is 10.3 Å². The summed E-state index contributed by atoms with van der Waals surface area (Å²) in [7, 11) is -3.81. The van der Waals surface area contributed by atoms with Gasteiger partial charge in [0.15, 0.2) is 14.9 Å². The molecule has 1 atom stereocenters. The van der Waals surface area contributed by atoms with E-state index in [1.807, 2.05) is 0 Å². The molecule has 1 heterocycles. The topological polar surface area (TPSA) is 63.6 Å². The van der Waals surface area contributed by atoms with Gasteiger partial charge in [0.25, 0.3) is 5.92 Å². The van der Waals surface area contributed by atoms with Gasteiger partial charge in [0.2, 0.25) is 5.92 Å². The number of aliphatic hydroxyl groups excluding tert-OH is 1. The lowest BCUT2D eigenvalue weighted by molar-refractivity contribution is -0.118. The predicted molar refractivity (Wildman–Crippen MR) is 74.2 cm³/mol. The Balaban J connectivity index is 1.87. The molecule has 0 amide bonds. The van der Waals surface area contributed by atoms with Gasteiger partial charge in [-0.1, -0.05) is 11.3 Å². The standard InChI is InChI=1S/C13H14F4O4S2/c1-23(19,20)11-8-7(4-13(16,17)9(8)18)10(22-11)21-5-6-2-12(14,15)3-6/h6,9,18H,2-5H2,1H3/t9-/m0/s1. The third-order valence-electron chi connectivity index (χ3n) is 4.02. The molecule has 1 N–H and O–H groups in total. The summed E-state index contributed by atoms with van der Waals surface area (Å²) in [4.78, 5) is 0. The van der Waals surface area contributed by atoms with Crippen molar-refractivity contribution < 1.29 is 35.8 Å². The van der Waals surface area contributed by atoms with Crippen LogP contribution >= 0.6 is 11.3 Å². The second-order valence-electron chi connectivity index (χ2n) is 6.12. The third kappa shape index (κ3) is 2.96. The molecule has 23 heavy (non-hydrogen) atoms. The van der Waals surface area contributed by atoms with Gasteiger partial charge in [-0.2, -0.15) is 0 Å². The number of ether oxygens (including phenoxy) is 1. The minimum Gasteiger partial charge on any atom is -0.483 e. The second kappa shape index (κ2) is 5.06. The van der Waals surface area contributed by atoms with Crippen LogP contribution in [0.15, 0.2) is 4.21 Å². The molecule has 0 radical (unpaired) electrons. The first-order valence-electron chi connectivity index (χ1n) is 6.83. The van der Waals surface area contributed by atoms with E-state index in [4.69, 9.17) is 4.74 Å². The van der Waals surface area contributed by atoms with Gasteiger partial charge in [-0.15, -0.1) is 0 Å². The SMILES string of the molecule is CS(=O)(=O)c1sc(OCC2CC(F)(F)C2)c2c1[C@H](O)C(F)(F)C2. The first kappa shape index (κ1) is 17.0. The Morgan fingerprint density at radius 3 is 2.43 bits per heavy atom. The van der Waals surface area contributed by atoms with Crippen molar-refractivity contribution in [2.24, 2.45) is 5.92 Å².